The van der Waals surface area contributed by atoms with Crippen molar-refractivity contribution in [1.29, 1.82) is 0 Å². The van der Waals surface area contributed by atoms with Crippen LogP contribution >= 0.6 is 0 Å². The predicted octanol–water partition coefficient (Wildman–Crippen LogP) is 12.1. The van der Waals surface area contributed by atoms with Crippen molar-refractivity contribution in [3.05, 3.63) is 138 Å². The smallest absolute Gasteiger partial charge is 0.182 e. The van der Waals surface area contributed by atoms with Gasteiger partial charge in [-0.05, 0) is 70.7 Å². The van der Waals surface area contributed by atoms with Crippen LogP contribution in [0.5, 0.6) is 0 Å². The Labute approximate surface area is 340 Å². The van der Waals surface area contributed by atoms with Crippen LogP contribution in [0.2, 0.25) is 0 Å². The van der Waals surface area contributed by atoms with Crippen LogP contribution < -0.4 is 0 Å². The number of rotatable bonds is 5. The quantitative estimate of drug-likeness (QED) is 0.159. The number of imidazole rings is 1. The van der Waals surface area contributed by atoms with Gasteiger partial charge in [0.2, 0.25) is 0 Å². The number of pyridine rings is 1. The topological polar surface area (TPSA) is 95.9 Å². The first-order valence-corrected chi connectivity index (χ1v) is 17.7. The molecule has 0 spiro atoms. The molecule has 0 fully saturated rings. The molecule has 5 aromatic heterocycles. The molecule has 0 amide bonds. The van der Waals surface area contributed by atoms with Crippen LogP contribution in [0.4, 0.5) is 0 Å². The van der Waals surface area contributed by atoms with Gasteiger partial charge in [-0.1, -0.05) is 82.6 Å². The van der Waals surface area contributed by atoms with Gasteiger partial charge in [0.15, 0.2) is 29.5 Å². The first-order chi connectivity index (χ1) is 28.7. The maximum atomic E-state index is 7.28. The number of fused-ring (bicyclic) bond motifs is 8. The monoisotopic (exact) mass is 906 g/mol. The molecule has 10 rings (SSSR count). The van der Waals surface area contributed by atoms with E-state index >= 15 is 0 Å². The minimum Gasteiger partial charge on any atom is -0.498 e. The molecule has 0 unspecified atom stereocenters. The molecule has 0 aliphatic carbocycles. The van der Waals surface area contributed by atoms with E-state index in [1.54, 1.807) is 12.1 Å². The minimum absolute atomic E-state index is 0. The fourth-order valence-electron chi connectivity index (χ4n) is 7.06. The zero-order chi connectivity index (χ0) is 42.1. The number of furan rings is 1. The van der Waals surface area contributed by atoms with E-state index in [0.29, 0.717) is 62.0 Å². The number of benzene rings is 5. The maximum Gasteiger partial charge on any atom is 0.182 e. The van der Waals surface area contributed by atoms with Gasteiger partial charge >= 0.3 is 0 Å². The number of aromatic nitrogens is 5. The standard InChI is InChI=1S/C33H25N4O3.C13H12N.Ir/c1-17(2)19-8-7-9-20(18(3)4)29(19)37-25-11-6-5-10-23(25)36-33(37)22-14-24-32(39-15-34-24)27-21-12-13-26-28(35-16-38-26)31(21)40-30(22)27;1-10-3-6-12(7-4-10)13-8-5-11(2)9-14-13;/h5-13,15-18H,1-4H3;3-6,8-9H,1-2H3;/q2*-1;/i;1D3,2D3;. The van der Waals surface area contributed by atoms with Gasteiger partial charge in [0.25, 0.3) is 0 Å². The molecule has 0 saturated carbocycles. The number of nitrogens with zero attached hydrogens (tertiary/aromatic N) is 5. The van der Waals surface area contributed by atoms with Crippen molar-refractivity contribution in [3.8, 4) is 28.3 Å². The molecule has 0 atom stereocenters. The van der Waals surface area contributed by atoms with Gasteiger partial charge in [-0.3, -0.25) is 4.98 Å². The summed E-state index contributed by atoms with van der Waals surface area (Å²) >= 11 is 0. The Morgan fingerprint density at radius 2 is 1.53 bits per heavy atom. The molecule has 0 aliphatic rings. The predicted molar refractivity (Wildman–Crippen MR) is 214 cm³/mol. The van der Waals surface area contributed by atoms with Crippen LogP contribution in [0, 0.1) is 25.8 Å². The Morgan fingerprint density at radius 3 is 2.25 bits per heavy atom. The molecule has 0 aliphatic heterocycles. The molecule has 0 N–H and O–H groups in total. The summed E-state index contributed by atoms with van der Waals surface area (Å²) < 4.78 is 64.0. The van der Waals surface area contributed by atoms with Gasteiger partial charge < -0.3 is 22.8 Å². The molecule has 1 radical (unpaired) electrons. The summed E-state index contributed by atoms with van der Waals surface area (Å²) in [5.41, 5.74) is 11.6. The second-order valence-corrected chi connectivity index (χ2v) is 13.8. The van der Waals surface area contributed by atoms with Gasteiger partial charge in [0.1, 0.15) is 0 Å². The number of aryl methyl sites for hydroxylation is 2. The Hall–Kier alpha value is -5.89. The summed E-state index contributed by atoms with van der Waals surface area (Å²) in [7, 11) is 0. The number of hydrogen-bond acceptors (Lipinski definition) is 7. The van der Waals surface area contributed by atoms with E-state index < -0.39 is 13.7 Å². The van der Waals surface area contributed by atoms with Crippen molar-refractivity contribution < 1.29 is 41.6 Å². The van der Waals surface area contributed by atoms with E-state index in [1.807, 2.05) is 24.3 Å². The molecular formula is C46H37IrN5O3-2. The van der Waals surface area contributed by atoms with E-state index in [0.717, 1.165) is 33.3 Å². The zero-order valence-electron chi connectivity index (χ0n) is 36.3. The average Bonchev–Trinajstić information content (AvgIpc) is 4.04. The summed E-state index contributed by atoms with van der Waals surface area (Å²) in [6, 6.07) is 32.7. The molecule has 5 aromatic carbocycles. The molecule has 0 bridgehead atoms. The van der Waals surface area contributed by atoms with E-state index in [1.165, 1.54) is 48.3 Å². The molecular weight excluding hydrogens is 863 g/mol. The van der Waals surface area contributed by atoms with Gasteiger partial charge in [-0.15, -0.1) is 41.5 Å². The van der Waals surface area contributed by atoms with Crippen LogP contribution in [0.3, 0.4) is 0 Å². The summed E-state index contributed by atoms with van der Waals surface area (Å²) in [5, 5.41) is 1.70. The normalized spacial score (nSPS) is 13.7. The Kier molecular flexibility index (Phi) is 7.71. The second kappa shape index (κ2) is 14.4. The van der Waals surface area contributed by atoms with Crippen molar-refractivity contribution >= 4 is 55.2 Å². The first kappa shape index (κ1) is 29.5. The fourth-order valence-corrected chi connectivity index (χ4v) is 7.06. The van der Waals surface area contributed by atoms with Crippen molar-refractivity contribution in [2.24, 2.45) is 0 Å². The van der Waals surface area contributed by atoms with Crippen LogP contribution in [-0.4, -0.2) is 24.5 Å². The minimum atomic E-state index is -2.18. The second-order valence-electron chi connectivity index (χ2n) is 13.8. The van der Waals surface area contributed by atoms with E-state index in [2.05, 4.69) is 89.7 Å². The van der Waals surface area contributed by atoms with Crippen LogP contribution in [0.15, 0.2) is 117 Å². The third-order valence-electron chi connectivity index (χ3n) is 9.62. The Balaban J connectivity index is 0.000000208. The van der Waals surface area contributed by atoms with E-state index in [9.17, 15) is 0 Å². The molecule has 9 heteroatoms. The van der Waals surface area contributed by atoms with Crippen LogP contribution in [0.1, 0.15) is 70.0 Å². The largest absolute Gasteiger partial charge is 0.498 e. The summed E-state index contributed by atoms with van der Waals surface area (Å²) in [5.74, 6) is 1.34. The van der Waals surface area contributed by atoms with Crippen molar-refractivity contribution in [2.75, 3.05) is 0 Å². The third kappa shape index (κ3) is 6.23. The van der Waals surface area contributed by atoms with Crippen LogP contribution in [-0.2, 0) is 20.1 Å². The maximum absolute atomic E-state index is 7.28. The van der Waals surface area contributed by atoms with Crippen molar-refractivity contribution in [1.82, 2.24) is 24.5 Å². The van der Waals surface area contributed by atoms with Gasteiger partial charge in [-0.25, -0.2) is 9.97 Å². The molecule has 275 valence electrons. The van der Waals surface area contributed by atoms with Crippen molar-refractivity contribution in [3.63, 3.8) is 0 Å². The number of para-hydroxylation sites is 3. The summed E-state index contributed by atoms with van der Waals surface area (Å²) in [6.07, 6.45) is 4.18. The SMILES string of the molecule is CC(C)c1cccc(C(C)C)c1-n1c(-c2[c-]c3ncoc3c3c2oc2c3ccc3ocnc32)nc2ccccc21.[2H]C([2H])([2H])c1c[c-]c(-c2ccc(C([2H])([2H])[2H])cn2)cc1.[Ir]. The molecule has 10 aromatic rings. The van der Waals surface area contributed by atoms with E-state index in [4.69, 9.17) is 26.5 Å². The Morgan fingerprint density at radius 1 is 0.745 bits per heavy atom. The molecule has 55 heavy (non-hydrogen) atoms. The van der Waals surface area contributed by atoms with Gasteiger partial charge in [0, 0.05) is 51.1 Å². The van der Waals surface area contributed by atoms with Gasteiger partial charge in [-0.2, -0.15) is 0 Å². The van der Waals surface area contributed by atoms with Crippen molar-refractivity contribution in [2.45, 2.75) is 53.2 Å². The number of hydrogen-bond donors (Lipinski definition) is 0. The summed E-state index contributed by atoms with van der Waals surface area (Å²) in [4.78, 5) is 18.2. The fraction of sp³-hybridized carbons (Fsp3) is 0.174. The number of oxazole rings is 2. The molecule has 0 saturated heterocycles. The average molecular weight is 906 g/mol. The van der Waals surface area contributed by atoms with Gasteiger partial charge in [0.05, 0.1) is 28.0 Å². The Bertz CT molecular complexity index is 3120. The zero-order valence-corrected chi connectivity index (χ0v) is 32.7. The molecule has 5 heterocycles. The van der Waals surface area contributed by atoms with Crippen LogP contribution in [0.25, 0.3) is 83.5 Å². The van der Waals surface area contributed by atoms with E-state index in [-0.39, 0.29) is 31.2 Å². The third-order valence-corrected chi connectivity index (χ3v) is 9.62. The first-order valence-electron chi connectivity index (χ1n) is 20.7. The molecule has 8 nitrogen and oxygen atoms in total. The summed E-state index contributed by atoms with van der Waals surface area (Å²) in [6.45, 7) is 4.59.